The molecule has 2 aliphatic rings. The van der Waals surface area contributed by atoms with E-state index in [9.17, 15) is 14.4 Å². The molecule has 1 aromatic carbocycles. The van der Waals surface area contributed by atoms with E-state index in [4.69, 9.17) is 0 Å². The molecule has 1 unspecified atom stereocenters. The molecule has 5 rings (SSSR count). The Morgan fingerprint density at radius 2 is 2.03 bits per heavy atom. The molecule has 1 saturated heterocycles. The molecule has 9 heteroatoms. The van der Waals surface area contributed by atoms with Crippen molar-refractivity contribution in [2.75, 3.05) is 17.2 Å². The van der Waals surface area contributed by atoms with Crippen molar-refractivity contribution in [2.24, 2.45) is 0 Å². The second-order valence-corrected chi connectivity index (χ2v) is 7.24. The summed E-state index contributed by atoms with van der Waals surface area (Å²) in [4.78, 5) is 43.8. The Kier molecular flexibility index (Phi) is 4.27. The number of H-pyrrole nitrogens is 1. The summed E-state index contributed by atoms with van der Waals surface area (Å²) in [5, 5.41) is 12.4. The lowest BCUT2D eigenvalue weighted by molar-refractivity contribution is -0.119. The maximum absolute atomic E-state index is 12.9. The molecule has 3 amide bonds. The number of aromatic amines is 1. The van der Waals surface area contributed by atoms with Gasteiger partial charge in [-0.15, -0.1) is 0 Å². The summed E-state index contributed by atoms with van der Waals surface area (Å²) in [6.07, 6.45) is 3.11. The van der Waals surface area contributed by atoms with Crippen LogP contribution in [0.25, 0.3) is 11.4 Å². The first-order valence-corrected chi connectivity index (χ1v) is 9.64. The molecular weight excluding hydrogens is 384 g/mol. The van der Waals surface area contributed by atoms with Gasteiger partial charge in [0.25, 0.3) is 11.8 Å². The quantitative estimate of drug-likeness (QED) is 0.621. The van der Waals surface area contributed by atoms with E-state index in [2.05, 4.69) is 25.8 Å². The summed E-state index contributed by atoms with van der Waals surface area (Å²) in [6, 6.07) is 11.5. The Balaban J connectivity index is 1.38. The molecule has 2 aromatic heterocycles. The second kappa shape index (κ2) is 7.11. The monoisotopic (exact) mass is 402 g/mol. The van der Waals surface area contributed by atoms with Crippen LogP contribution in [0.5, 0.6) is 0 Å². The zero-order valence-electron chi connectivity index (χ0n) is 15.9. The number of hydrogen-bond donors (Lipinski definition) is 3. The van der Waals surface area contributed by atoms with Crippen LogP contribution in [0.15, 0.2) is 48.7 Å². The van der Waals surface area contributed by atoms with Gasteiger partial charge in [0.05, 0.1) is 16.9 Å². The van der Waals surface area contributed by atoms with Crippen LogP contribution in [0, 0.1) is 0 Å². The SMILES string of the molecule is O=C(Nc1ccc2c(c1)C(=O)N1CCCC1C(=O)N2)c1cc(-c2ccccn2)n[nH]1. The highest BCUT2D eigenvalue weighted by Crippen LogP contribution is 2.30. The predicted octanol–water partition coefficient (Wildman–Crippen LogP) is 2.28. The van der Waals surface area contributed by atoms with E-state index in [1.807, 2.05) is 6.07 Å². The highest BCUT2D eigenvalue weighted by atomic mass is 16.2. The van der Waals surface area contributed by atoms with E-state index in [1.54, 1.807) is 47.5 Å². The van der Waals surface area contributed by atoms with Crippen molar-refractivity contribution in [1.29, 1.82) is 0 Å². The van der Waals surface area contributed by atoms with Crippen LogP contribution < -0.4 is 10.6 Å². The van der Waals surface area contributed by atoms with Gasteiger partial charge in [0.15, 0.2) is 0 Å². The molecule has 1 fully saturated rings. The summed E-state index contributed by atoms with van der Waals surface area (Å²) in [7, 11) is 0. The van der Waals surface area contributed by atoms with Crippen LogP contribution >= 0.6 is 0 Å². The summed E-state index contributed by atoms with van der Waals surface area (Å²) in [6.45, 7) is 0.553. The van der Waals surface area contributed by atoms with Gasteiger partial charge in [-0.2, -0.15) is 5.10 Å². The number of amides is 3. The van der Waals surface area contributed by atoms with Gasteiger partial charge >= 0.3 is 0 Å². The molecule has 30 heavy (non-hydrogen) atoms. The Bertz CT molecular complexity index is 1160. The molecule has 0 bridgehead atoms. The summed E-state index contributed by atoms with van der Waals surface area (Å²) >= 11 is 0. The first kappa shape index (κ1) is 18.0. The number of carbonyl (C=O) groups excluding carboxylic acids is 3. The van der Waals surface area contributed by atoms with Gasteiger partial charge in [-0.25, -0.2) is 0 Å². The molecule has 0 spiro atoms. The minimum atomic E-state index is -0.432. The van der Waals surface area contributed by atoms with Crippen LogP contribution in [0.3, 0.4) is 0 Å². The maximum Gasteiger partial charge on any atom is 0.273 e. The smallest absolute Gasteiger partial charge is 0.273 e. The number of aromatic nitrogens is 3. The number of rotatable bonds is 3. The van der Waals surface area contributed by atoms with Crippen molar-refractivity contribution in [3.63, 3.8) is 0 Å². The summed E-state index contributed by atoms with van der Waals surface area (Å²) < 4.78 is 0. The van der Waals surface area contributed by atoms with Crippen LogP contribution in [-0.4, -0.2) is 50.4 Å². The van der Waals surface area contributed by atoms with Gasteiger partial charge < -0.3 is 15.5 Å². The van der Waals surface area contributed by atoms with Gasteiger partial charge in [0.2, 0.25) is 5.91 Å². The zero-order valence-corrected chi connectivity index (χ0v) is 15.9. The zero-order chi connectivity index (χ0) is 20.7. The number of pyridine rings is 1. The van der Waals surface area contributed by atoms with E-state index < -0.39 is 11.9 Å². The molecular formula is C21H18N6O3. The van der Waals surface area contributed by atoms with E-state index in [0.29, 0.717) is 41.3 Å². The highest BCUT2D eigenvalue weighted by molar-refractivity contribution is 6.11. The number of benzene rings is 1. The molecule has 4 heterocycles. The molecule has 3 aromatic rings. The van der Waals surface area contributed by atoms with Crippen molar-refractivity contribution in [3.05, 3.63) is 59.9 Å². The number of nitrogens with zero attached hydrogens (tertiary/aromatic N) is 3. The molecule has 0 saturated carbocycles. The van der Waals surface area contributed by atoms with Crippen molar-refractivity contribution >= 4 is 29.1 Å². The van der Waals surface area contributed by atoms with E-state index in [-0.39, 0.29) is 17.5 Å². The standard InChI is InChI=1S/C21H18N6O3/c28-19(17-11-16(25-26-17)15-4-1-2-8-22-15)23-12-6-7-14-13(10-12)21(30)27-9-3-5-18(27)20(29)24-14/h1-2,4,6-8,10-11,18H,3,5,9H2,(H,23,28)(H,24,29)(H,25,26). The predicted molar refractivity (Wildman–Crippen MR) is 109 cm³/mol. The first-order chi connectivity index (χ1) is 14.6. The van der Waals surface area contributed by atoms with Gasteiger partial charge in [0, 0.05) is 18.4 Å². The third-order valence-electron chi connectivity index (χ3n) is 5.33. The molecule has 150 valence electrons. The Labute approximate surface area is 171 Å². The topological polar surface area (TPSA) is 120 Å². The first-order valence-electron chi connectivity index (χ1n) is 9.64. The molecule has 0 aliphatic carbocycles. The minimum absolute atomic E-state index is 0.170. The lowest BCUT2D eigenvalue weighted by atomic mass is 10.1. The number of nitrogens with one attached hydrogen (secondary N) is 3. The maximum atomic E-state index is 12.9. The van der Waals surface area contributed by atoms with Gasteiger partial charge in [0.1, 0.15) is 17.4 Å². The molecule has 0 radical (unpaired) electrons. The fourth-order valence-corrected chi connectivity index (χ4v) is 3.84. The molecule has 9 nitrogen and oxygen atoms in total. The van der Waals surface area contributed by atoms with E-state index in [1.165, 1.54) is 0 Å². The molecule has 2 aliphatic heterocycles. The average molecular weight is 402 g/mol. The summed E-state index contributed by atoms with van der Waals surface area (Å²) in [5.74, 6) is -0.773. The van der Waals surface area contributed by atoms with Crippen molar-refractivity contribution in [3.8, 4) is 11.4 Å². The van der Waals surface area contributed by atoms with Crippen molar-refractivity contribution < 1.29 is 14.4 Å². The second-order valence-electron chi connectivity index (χ2n) is 7.24. The number of fused-ring (bicyclic) bond motifs is 2. The highest BCUT2D eigenvalue weighted by Gasteiger charge is 2.38. The van der Waals surface area contributed by atoms with E-state index >= 15 is 0 Å². The molecule has 1 atom stereocenters. The van der Waals surface area contributed by atoms with E-state index in [0.717, 1.165) is 6.42 Å². The fraction of sp³-hybridized carbons (Fsp3) is 0.190. The average Bonchev–Trinajstić information content (AvgIpc) is 3.43. The largest absolute Gasteiger partial charge is 0.327 e. The normalized spacial score (nSPS) is 17.7. The van der Waals surface area contributed by atoms with Crippen LogP contribution in [0.4, 0.5) is 11.4 Å². The third-order valence-corrected chi connectivity index (χ3v) is 5.33. The van der Waals surface area contributed by atoms with Crippen LogP contribution in [-0.2, 0) is 4.79 Å². The Hall–Kier alpha value is -4.01. The van der Waals surface area contributed by atoms with Crippen LogP contribution in [0.1, 0.15) is 33.7 Å². The number of hydrogen-bond acceptors (Lipinski definition) is 5. The molecule has 3 N–H and O–H groups in total. The Morgan fingerprint density at radius 1 is 1.13 bits per heavy atom. The van der Waals surface area contributed by atoms with Crippen molar-refractivity contribution in [2.45, 2.75) is 18.9 Å². The van der Waals surface area contributed by atoms with Gasteiger partial charge in [-0.3, -0.25) is 24.5 Å². The van der Waals surface area contributed by atoms with Crippen LogP contribution in [0.2, 0.25) is 0 Å². The van der Waals surface area contributed by atoms with Crippen molar-refractivity contribution in [1.82, 2.24) is 20.1 Å². The Morgan fingerprint density at radius 3 is 2.87 bits per heavy atom. The number of carbonyl (C=O) groups is 3. The van der Waals surface area contributed by atoms with Gasteiger partial charge in [-0.05, 0) is 49.2 Å². The third kappa shape index (κ3) is 3.10. The lowest BCUT2D eigenvalue weighted by Gasteiger charge is -2.20. The minimum Gasteiger partial charge on any atom is -0.327 e. The summed E-state index contributed by atoms with van der Waals surface area (Å²) in [5.41, 5.74) is 2.75. The fourth-order valence-electron chi connectivity index (χ4n) is 3.84. The number of anilines is 2. The lowest BCUT2D eigenvalue weighted by Crippen LogP contribution is -2.40. The van der Waals surface area contributed by atoms with Gasteiger partial charge in [-0.1, -0.05) is 6.07 Å².